The van der Waals surface area contributed by atoms with Gasteiger partial charge in [0, 0.05) is 6.20 Å². The molecule has 0 N–H and O–H groups in total. The van der Waals surface area contributed by atoms with E-state index in [-0.39, 0.29) is 0 Å². The van der Waals surface area contributed by atoms with Crippen LogP contribution in [0.4, 0.5) is 0 Å². The zero-order valence-electron chi connectivity index (χ0n) is 8.01. The first-order chi connectivity index (χ1) is 7.31. The third-order valence-corrected chi connectivity index (χ3v) is 1.83. The van der Waals surface area contributed by atoms with E-state index in [4.69, 9.17) is 4.42 Å². The van der Waals surface area contributed by atoms with Crippen LogP contribution in [0.5, 0.6) is 0 Å². The maximum absolute atomic E-state index is 11.2. The number of hydrogen-bond acceptors (Lipinski definition) is 5. The van der Waals surface area contributed by atoms with E-state index < -0.39 is 5.97 Å². The number of ether oxygens (including phenoxy) is 1. The molecule has 2 aromatic rings. The molecule has 2 aromatic heterocycles. The molecule has 0 saturated carbocycles. The van der Waals surface area contributed by atoms with Crippen molar-refractivity contribution in [3.8, 4) is 11.6 Å². The van der Waals surface area contributed by atoms with Crippen LogP contribution in [0.25, 0.3) is 11.6 Å². The Morgan fingerprint density at radius 2 is 2.27 bits per heavy atom. The van der Waals surface area contributed by atoms with Crippen LogP contribution >= 0.6 is 0 Å². The van der Waals surface area contributed by atoms with E-state index in [9.17, 15) is 4.79 Å². The summed E-state index contributed by atoms with van der Waals surface area (Å²) in [6, 6.07) is 3.13. The van der Waals surface area contributed by atoms with Crippen molar-refractivity contribution in [1.82, 2.24) is 9.97 Å². The van der Waals surface area contributed by atoms with Crippen LogP contribution in [-0.4, -0.2) is 23.0 Å². The van der Waals surface area contributed by atoms with Gasteiger partial charge in [-0.2, -0.15) is 0 Å². The standard InChI is InChI=1S/C10H8N2O3/c1-14-10(13)7-2-3-11-8(6-7)9-12-4-5-15-9/h2-6H,1H3. The Balaban J connectivity index is 2.39. The first-order valence-electron chi connectivity index (χ1n) is 4.25. The first-order valence-corrected chi connectivity index (χ1v) is 4.25. The average molecular weight is 204 g/mol. The predicted octanol–water partition coefficient (Wildman–Crippen LogP) is 1.52. The highest BCUT2D eigenvalue weighted by molar-refractivity contribution is 5.90. The van der Waals surface area contributed by atoms with Crippen molar-refractivity contribution in [2.75, 3.05) is 7.11 Å². The number of nitrogens with zero attached hydrogens (tertiary/aromatic N) is 2. The Kier molecular flexibility index (Phi) is 2.45. The van der Waals surface area contributed by atoms with Gasteiger partial charge in [0.25, 0.3) is 0 Å². The van der Waals surface area contributed by atoms with Gasteiger partial charge in [0.2, 0.25) is 5.89 Å². The molecule has 0 bridgehead atoms. The van der Waals surface area contributed by atoms with Gasteiger partial charge in [0.1, 0.15) is 12.0 Å². The molecule has 0 aliphatic rings. The van der Waals surface area contributed by atoms with E-state index in [0.717, 1.165) is 0 Å². The molecule has 0 aliphatic heterocycles. The first kappa shape index (κ1) is 9.39. The summed E-state index contributed by atoms with van der Waals surface area (Å²) in [4.78, 5) is 19.2. The summed E-state index contributed by atoms with van der Waals surface area (Å²) in [5.74, 6) is -0.0361. The normalized spacial score (nSPS) is 9.93. The molecule has 0 spiro atoms. The van der Waals surface area contributed by atoms with Gasteiger partial charge in [-0.15, -0.1) is 0 Å². The predicted molar refractivity (Wildman–Crippen MR) is 51.1 cm³/mol. The minimum atomic E-state index is -0.412. The lowest BCUT2D eigenvalue weighted by atomic mass is 10.2. The van der Waals surface area contributed by atoms with Gasteiger partial charge in [-0.3, -0.25) is 4.98 Å². The Bertz CT molecular complexity index is 465. The second-order valence-corrected chi connectivity index (χ2v) is 2.76. The molecule has 0 saturated heterocycles. The molecule has 5 nitrogen and oxygen atoms in total. The Morgan fingerprint density at radius 1 is 1.40 bits per heavy atom. The van der Waals surface area contributed by atoms with Crippen LogP contribution in [-0.2, 0) is 4.74 Å². The van der Waals surface area contributed by atoms with Crippen LogP contribution in [0.2, 0.25) is 0 Å². The Hall–Kier alpha value is -2.17. The third kappa shape index (κ3) is 1.85. The summed E-state index contributed by atoms with van der Waals surface area (Å²) >= 11 is 0. The van der Waals surface area contributed by atoms with Crippen molar-refractivity contribution in [2.45, 2.75) is 0 Å². The molecule has 15 heavy (non-hydrogen) atoms. The molecule has 2 rings (SSSR count). The summed E-state index contributed by atoms with van der Waals surface area (Å²) < 4.78 is 9.65. The highest BCUT2D eigenvalue weighted by Crippen LogP contribution is 2.15. The van der Waals surface area contributed by atoms with Crippen LogP contribution in [0.1, 0.15) is 10.4 Å². The van der Waals surface area contributed by atoms with E-state index in [1.807, 2.05) is 0 Å². The van der Waals surface area contributed by atoms with Crippen LogP contribution in [0, 0.1) is 0 Å². The molecule has 0 amide bonds. The monoisotopic (exact) mass is 204 g/mol. The average Bonchev–Trinajstić information content (AvgIpc) is 2.82. The zero-order valence-corrected chi connectivity index (χ0v) is 8.01. The molecule has 0 aliphatic carbocycles. The van der Waals surface area contributed by atoms with E-state index in [1.54, 1.807) is 12.1 Å². The fourth-order valence-electron chi connectivity index (χ4n) is 1.14. The molecule has 0 radical (unpaired) electrons. The Labute approximate surface area is 85.7 Å². The smallest absolute Gasteiger partial charge is 0.337 e. The van der Waals surface area contributed by atoms with Gasteiger partial charge in [-0.1, -0.05) is 0 Å². The third-order valence-electron chi connectivity index (χ3n) is 1.83. The number of carbonyl (C=O) groups excluding carboxylic acids is 1. The molecule has 0 fully saturated rings. The quantitative estimate of drug-likeness (QED) is 0.694. The second kappa shape index (κ2) is 3.91. The zero-order chi connectivity index (χ0) is 10.7. The minimum Gasteiger partial charge on any atom is -0.465 e. The summed E-state index contributed by atoms with van der Waals surface area (Å²) in [7, 11) is 1.33. The highest BCUT2D eigenvalue weighted by Gasteiger charge is 2.09. The highest BCUT2D eigenvalue weighted by atomic mass is 16.5. The fraction of sp³-hybridized carbons (Fsp3) is 0.100. The SMILES string of the molecule is COC(=O)c1ccnc(-c2ncco2)c1. The number of methoxy groups -OCH3 is 1. The summed E-state index contributed by atoms with van der Waals surface area (Å²) in [6.45, 7) is 0. The van der Waals surface area contributed by atoms with Crippen molar-refractivity contribution in [3.63, 3.8) is 0 Å². The lowest BCUT2D eigenvalue weighted by molar-refractivity contribution is 0.0600. The minimum absolute atomic E-state index is 0.376. The molecule has 0 unspecified atom stereocenters. The number of hydrogen-bond donors (Lipinski definition) is 0. The van der Waals surface area contributed by atoms with E-state index in [1.165, 1.54) is 25.8 Å². The van der Waals surface area contributed by atoms with Crippen LogP contribution in [0.15, 0.2) is 35.2 Å². The lowest BCUT2D eigenvalue weighted by Gasteiger charge is -1.99. The number of oxazole rings is 1. The van der Waals surface area contributed by atoms with Crippen molar-refractivity contribution in [2.24, 2.45) is 0 Å². The number of pyridine rings is 1. The molecule has 0 atom stereocenters. The maximum atomic E-state index is 11.2. The van der Waals surface area contributed by atoms with Crippen LogP contribution in [0.3, 0.4) is 0 Å². The van der Waals surface area contributed by atoms with Gasteiger partial charge < -0.3 is 9.15 Å². The molecule has 2 heterocycles. The number of esters is 1. The second-order valence-electron chi connectivity index (χ2n) is 2.76. The number of rotatable bonds is 2. The van der Waals surface area contributed by atoms with Crippen molar-refractivity contribution >= 4 is 5.97 Å². The van der Waals surface area contributed by atoms with Gasteiger partial charge in [0.05, 0.1) is 18.9 Å². The maximum Gasteiger partial charge on any atom is 0.337 e. The summed E-state index contributed by atoms with van der Waals surface area (Å²) in [5.41, 5.74) is 0.920. The fourth-order valence-corrected chi connectivity index (χ4v) is 1.14. The molecule has 0 aromatic carbocycles. The topological polar surface area (TPSA) is 65.2 Å². The number of aromatic nitrogens is 2. The van der Waals surface area contributed by atoms with Crippen molar-refractivity contribution in [3.05, 3.63) is 36.4 Å². The van der Waals surface area contributed by atoms with Crippen molar-refractivity contribution < 1.29 is 13.9 Å². The van der Waals surface area contributed by atoms with E-state index in [0.29, 0.717) is 17.1 Å². The molecule has 76 valence electrons. The summed E-state index contributed by atoms with van der Waals surface area (Å²) in [6.07, 6.45) is 4.47. The van der Waals surface area contributed by atoms with Gasteiger partial charge in [0.15, 0.2) is 0 Å². The van der Waals surface area contributed by atoms with Gasteiger partial charge in [-0.05, 0) is 12.1 Å². The van der Waals surface area contributed by atoms with Crippen molar-refractivity contribution in [1.29, 1.82) is 0 Å². The summed E-state index contributed by atoms with van der Waals surface area (Å²) in [5, 5.41) is 0. The molecule has 5 heteroatoms. The number of carbonyl (C=O) groups is 1. The van der Waals surface area contributed by atoms with Crippen LogP contribution < -0.4 is 0 Å². The molecular weight excluding hydrogens is 196 g/mol. The van der Waals surface area contributed by atoms with E-state index in [2.05, 4.69) is 14.7 Å². The van der Waals surface area contributed by atoms with Gasteiger partial charge >= 0.3 is 5.97 Å². The lowest BCUT2D eigenvalue weighted by Crippen LogP contribution is -2.01. The largest absolute Gasteiger partial charge is 0.465 e. The van der Waals surface area contributed by atoms with E-state index >= 15 is 0 Å². The molecular formula is C10H8N2O3. The Morgan fingerprint density at radius 3 is 2.93 bits per heavy atom. The van der Waals surface area contributed by atoms with Gasteiger partial charge in [-0.25, -0.2) is 9.78 Å².